The van der Waals surface area contributed by atoms with Crippen LogP contribution in [-0.2, 0) is 4.79 Å². The lowest BCUT2D eigenvalue weighted by Crippen LogP contribution is -2.23. The van der Waals surface area contributed by atoms with E-state index in [1.165, 1.54) is 0 Å². The van der Waals surface area contributed by atoms with Crippen LogP contribution in [-0.4, -0.2) is 36.4 Å². The normalized spacial score (nSPS) is 27.8. The summed E-state index contributed by atoms with van der Waals surface area (Å²) in [5.74, 6) is 1.22. The Morgan fingerprint density at radius 2 is 1.85 bits per heavy atom. The molecule has 2 heterocycles. The fraction of sp³-hybridized carbons (Fsp3) is 0.353. The molecule has 0 aliphatic carbocycles. The summed E-state index contributed by atoms with van der Waals surface area (Å²) in [5.41, 5.74) is 1.05. The molecule has 2 aliphatic rings. The average molecular weight is 267 g/mol. The number of methoxy groups -OCH3 is 1. The Labute approximate surface area is 118 Å². The van der Waals surface area contributed by atoms with Crippen LogP contribution in [0.1, 0.15) is 18.4 Å². The summed E-state index contributed by atoms with van der Waals surface area (Å²) in [6, 6.07) is 12.3. The van der Waals surface area contributed by atoms with E-state index in [1.54, 1.807) is 7.11 Å². The second-order valence-corrected chi connectivity index (χ2v) is 5.95. The summed E-state index contributed by atoms with van der Waals surface area (Å²) in [7, 11) is 1.67. The van der Waals surface area contributed by atoms with Gasteiger partial charge in [0.2, 0.25) is 0 Å². The molecule has 1 atom stereocenters. The number of hydrogen-bond acceptors (Lipinski definition) is 3. The number of Topliss-reactive ketones (excluding diaryl/α,β-unsaturated/α-hetero) is 1. The maximum absolute atomic E-state index is 12.4. The molecule has 0 N–H and O–H groups in total. The zero-order valence-electron chi connectivity index (χ0n) is 11.7. The van der Waals surface area contributed by atoms with Crippen LogP contribution in [0.3, 0.4) is 0 Å². The van der Waals surface area contributed by atoms with Gasteiger partial charge in [-0.1, -0.05) is 31.2 Å². The SMILES string of the molecule is COc1ccc2cc([C@H](C)C(=O)C34CN3C4)ccc2c1. The van der Waals surface area contributed by atoms with Gasteiger partial charge in [0.25, 0.3) is 0 Å². The Balaban J connectivity index is 1.68. The van der Waals surface area contributed by atoms with Crippen molar-refractivity contribution in [2.24, 2.45) is 0 Å². The largest absolute Gasteiger partial charge is 0.497 e. The third-order valence-electron chi connectivity index (χ3n) is 4.73. The molecule has 0 radical (unpaired) electrons. The Kier molecular flexibility index (Phi) is 2.28. The molecule has 2 aromatic carbocycles. The number of carbonyl (C=O) groups is 1. The van der Waals surface area contributed by atoms with Crippen LogP contribution in [0.15, 0.2) is 36.4 Å². The van der Waals surface area contributed by atoms with Gasteiger partial charge in [0.15, 0.2) is 5.78 Å². The predicted octanol–water partition coefficient (Wildman–Crippen LogP) is 2.59. The Bertz CT molecular complexity index is 716. The first-order valence-corrected chi connectivity index (χ1v) is 7.01. The van der Waals surface area contributed by atoms with Gasteiger partial charge in [-0.25, -0.2) is 0 Å². The van der Waals surface area contributed by atoms with E-state index in [0.717, 1.165) is 35.2 Å². The first-order chi connectivity index (χ1) is 9.64. The van der Waals surface area contributed by atoms with E-state index in [9.17, 15) is 4.79 Å². The molecular weight excluding hydrogens is 250 g/mol. The fourth-order valence-electron chi connectivity index (χ4n) is 3.02. The Hall–Kier alpha value is -1.87. The van der Waals surface area contributed by atoms with Crippen molar-refractivity contribution < 1.29 is 9.53 Å². The lowest BCUT2D eigenvalue weighted by molar-refractivity contribution is -0.120. The van der Waals surface area contributed by atoms with E-state index < -0.39 is 0 Å². The highest BCUT2D eigenvalue weighted by molar-refractivity contribution is 6.01. The van der Waals surface area contributed by atoms with Crippen LogP contribution >= 0.6 is 0 Å². The summed E-state index contributed by atoms with van der Waals surface area (Å²) < 4.78 is 5.24. The maximum Gasteiger partial charge on any atom is 0.162 e. The predicted molar refractivity (Wildman–Crippen MR) is 78.2 cm³/mol. The molecule has 0 saturated carbocycles. The van der Waals surface area contributed by atoms with Crippen molar-refractivity contribution in [2.75, 3.05) is 20.2 Å². The molecule has 3 heteroatoms. The van der Waals surface area contributed by atoms with Gasteiger partial charge in [-0.3, -0.25) is 9.69 Å². The zero-order chi connectivity index (χ0) is 13.9. The number of fused-ring (bicyclic) bond motifs is 2. The van der Waals surface area contributed by atoms with Crippen molar-refractivity contribution in [3.63, 3.8) is 0 Å². The molecule has 0 spiro atoms. The number of ether oxygens (including phenoxy) is 1. The molecule has 2 fully saturated rings. The summed E-state index contributed by atoms with van der Waals surface area (Å²) in [6.45, 7) is 3.97. The van der Waals surface area contributed by atoms with Gasteiger partial charge < -0.3 is 4.74 Å². The first kappa shape index (κ1) is 11.9. The second kappa shape index (κ2) is 3.83. The minimum atomic E-state index is -0.0612. The smallest absolute Gasteiger partial charge is 0.162 e. The first-order valence-electron chi connectivity index (χ1n) is 7.01. The Morgan fingerprint density at radius 3 is 2.50 bits per heavy atom. The van der Waals surface area contributed by atoms with Gasteiger partial charge in [-0.15, -0.1) is 0 Å². The lowest BCUT2D eigenvalue weighted by atomic mass is 9.89. The van der Waals surface area contributed by atoms with E-state index in [-0.39, 0.29) is 11.5 Å². The summed E-state index contributed by atoms with van der Waals surface area (Å²) in [6.07, 6.45) is 0. The number of nitrogens with zero attached hydrogens (tertiary/aromatic N) is 1. The lowest BCUT2D eigenvalue weighted by Gasteiger charge is -2.12. The topological polar surface area (TPSA) is 29.3 Å². The van der Waals surface area contributed by atoms with E-state index in [1.807, 2.05) is 25.1 Å². The monoisotopic (exact) mass is 267 g/mol. The molecule has 4 rings (SSSR count). The molecule has 2 aliphatic heterocycles. The number of rotatable bonds is 4. The van der Waals surface area contributed by atoms with Crippen LogP contribution in [0.5, 0.6) is 5.75 Å². The summed E-state index contributed by atoms with van der Waals surface area (Å²) in [5, 5.41) is 2.30. The molecule has 3 nitrogen and oxygen atoms in total. The molecule has 20 heavy (non-hydrogen) atoms. The van der Waals surface area contributed by atoms with E-state index in [0.29, 0.717) is 5.78 Å². The van der Waals surface area contributed by atoms with Crippen LogP contribution in [0.25, 0.3) is 10.8 Å². The number of benzene rings is 2. The zero-order valence-corrected chi connectivity index (χ0v) is 11.7. The molecule has 2 saturated heterocycles. The third kappa shape index (κ3) is 1.59. The van der Waals surface area contributed by atoms with E-state index in [4.69, 9.17) is 4.74 Å². The highest BCUT2D eigenvalue weighted by Crippen LogP contribution is 2.51. The van der Waals surface area contributed by atoms with Crippen LogP contribution in [0, 0.1) is 0 Å². The number of hydrogen-bond donors (Lipinski definition) is 0. The van der Waals surface area contributed by atoms with Gasteiger partial charge >= 0.3 is 0 Å². The standard InChI is InChI=1S/C17H17NO2/c1-11(16(19)17-9-18(17)10-17)12-3-4-14-8-15(20-2)6-5-13(14)7-12/h3-8,11H,9-10H2,1-2H3/t11-,17?,18?/m0/s1. The molecule has 0 unspecified atom stereocenters. The van der Waals surface area contributed by atoms with Gasteiger partial charge in [-0.2, -0.15) is 0 Å². The third-order valence-corrected chi connectivity index (χ3v) is 4.73. The van der Waals surface area contributed by atoms with Gasteiger partial charge in [-0.05, 0) is 28.5 Å². The van der Waals surface area contributed by atoms with Crippen LogP contribution < -0.4 is 4.74 Å². The number of carbonyl (C=O) groups excluding carboxylic acids is 1. The van der Waals surface area contributed by atoms with Gasteiger partial charge in [0.1, 0.15) is 11.3 Å². The van der Waals surface area contributed by atoms with E-state index in [2.05, 4.69) is 23.1 Å². The second-order valence-electron chi connectivity index (χ2n) is 5.95. The molecule has 0 aromatic heterocycles. The minimum Gasteiger partial charge on any atom is -0.497 e. The molecule has 0 bridgehead atoms. The Morgan fingerprint density at radius 1 is 1.20 bits per heavy atom. The van der Waals surface area contributed by atoms with Crippen molar-refractivity contribution in [1.82, 2.24) is 4.90 Å². The maximum atomic E-state index is 12.4. The number of ketones is 1. The quantitative estimate of drug-likeness (QED) is 0.797. The van der Waals surface area contributed by atoms with Crippen molar-refractivity contribution in [3.05, 3.63) is 42.0 Å². The molecule has 2 aromatic rings. The van der Waals surface area contributed by atoms with Crippen LogP contribution in [0.4, 0.5) is 0 Å². The highest BCUT2D eigenvalue weighted by Gasteiger charge is 2.73. The van der Waals surface area contributed by atoms with Crippen molar-refractivity contribution in [3.8, 4) is 5.75 Å². The molecular formula is C17H17NO2. The summed E-state index contributed by atoms with van der Waals surface area (Å²) in [4.78, 5) is 14.7. The molecule has 0 amide bonds. The fourth-order valence-corrected chi connectivity index (χ4v) is 3.02. The van der Waals surface area contributed by atoms with Gasteiger partial charge in [0.05, 0.1) is 7.11 Å². The molecule has 102 valence electrons. The van der Waals surface area contributed by atoms with Gasteiger partial charge in [0, 0.05) is 19.0 Å². The van der Waals surface area contributed by atoms with Crippen LogP contribution in [0.2, 0.25) is 0 Å². The van der Waals surface area contributed by atoms with Crippen molar-refractivity contribution in [1.29, 1.82) is 0 Å². The van der Waals surface area contributed by atoms with E-state index >= 15 is 0 Å². The van der Waals surface area contributed by atoms with Crippen molar-refractivity contribution >= 4 is 16.6 Å². The minimum absolute atomic E-state index is 0.0194. The average Bonchev–Trinajstić information content (AvgIpc) is 3.34. The summed E-state index contributed by atoms with van der Waals surface area (Å²) >= 11 is 0. The highest BCUT2D eigenvalue weighted by atomic mass is 16.5. The van der Waals surface area contributed by atoms with Crippen molar-refractivity contribution in [2.45, 2.75) is 18.4 Å².